The van der Waals surface area contributed by atoms with E-state index in [1.807, 2.05) is 6.07 Å². The summed E-state index contributed by atoms with van der Waals surface area (Å²) in [6.07, 6.45) is 0. The van der Waals surface area contributed by atoms with Crippen LogP contribution >= 0.6 is 0 Å². The second kappa shape index (κ2) is 7.05. The molecule has 23 heavy (non-hydrogen) atoms. The fourth-order valence-electron chi connectivity index (χ4n) is 1.85. The van der Waals surface area contributed by atoms with Crippen molar-refractivity contribution in [1.82, 2.24) is 0 Å². The van der Waals surface area contributed by atoms with Crippen molar-refractivity contribution >= 4 is 11.8 Å². The van der Waals surface area contributed by atoms with E-state index in [1.54, 1.807) is 42.5 Å². The molecule has 0 saturated heterocycles. The Balaban J connectivity index is 2.14. The van der Waals surface area contributed by atoms with Gasteiger partial charge in [0.2, 0.25) is 5.78 Å². The zero-order valence-electron chi connectivity index (χ0n) is 12.4. The van der Waals surface area contributed by atoms with Crippen LogP contribution in [0, 0.1) is 11.3 Å². The van der Waals surface area contributed by atoms with Crippen LogP contribution in [-0.2, 0) is 4.74 Å². The van der Waals surface area contributed by atoms with E-state index in [0.29, 0.717) is 11.3 Å². The normalized spacial score (nSPS) is 9.57. The summed E-state index contributed by atoms with van der Waals surface area (Å²) in [5.74, 6) is -0.665. The van der Waals surface area contributed by atoms with E-state index in [1.165, 1.54) is 13.2 Å². The molecule has 0 amide bonds. The van der Waals surface area contributed by atoms with Gasteiger partial charge in [-0.25, -0.2) is 4.79 Å². The highest BCUT2D eigenvalue weighted by Gasteiger charge is 2.15. The number of hydrogen-bond acceptors (Lipinski definition) is 5. The van der Waals surface area contributed by atoms with Gasteiger partial charge in [-0.3, -0.25) is 4.79 Å². The Hall–Kier alpha value is -3.39. The van der Waals surface area contributed by atoms with Crippen LogP contribution in [0.25, 0.3) is 0 Å². The van der Waals surface area contributed by atoms with Gasteiger partial charge in [0.25, 0.3) is 0 Å². The highest BCUT2D eigenvalue weighted by molar-refractivity contribution is 6.08. The van der Waals surface area contributed by atoms with Crippen LogP contribution in [0.3, 0.4) is 0 Å². The van der Waals surface area contributed by atoms with Gasteiger partial charge in [-0.15, -0.1) is 0 Å². The van der Waals surface area contributed by atoms with Crippen molar-refractivity contribution in [2.75, 3.05) is 7.11 Å². The Morgan fingerprint density at radius 1 is 1.09 bits per heavy atom. The molecule has 0 bridgehead atoms. The van der Waals surface area contributed by atoms with Crippen molar-refractivity contribution in [3.05, 3.63) is 77.6 Å². The maximum absolute atomic E-state index is 12.3. The molecule has 5 heteroatoms. The summed E-state index contributed by atoms with van der Waals surface area (Å²) in [4.78, 5) is 23.8. The second-order valence-corrected chi connectivity index (χ2v) is 4.56. The number of Topliss-reactive ketones (excluding diaryl/α,β-unsaturated/α-hetero) is 1. The van der Waals surface area contributed by atoms with E-state index in [4.69, 9.17) is 10.00 Å². The van der Waals surface area contributed by atoms with Crippen molar-refractivity contribution in [3.63, 3.8) is 0 Å². The summed E-state index contributed by atoms with van der Waals surface area (Å²) in [6.45, 7) is 3.61. The van der Waals surface area contributed by atoms with Crippen LogP contribution in [0.4, 0.5) is 0 Å². The van der Waals surface area contributed by atoms with Crippen LogP contribution < -0.4 is 4.74 Å². The molecule has 0 N–H and O–H groups in total. The Labute approximate surface area is 133 Å². The molecule has 2 rings (SSSR count). The first kappa shape index (κ1) is 16.0. The molecule has 0 unspecified atom stereocenters. The molecule has 0 heterocycles. The van der Waals surface area contributed by atoms with Crippen LogP contribution in [0.2, 0.25) is 0 Å². The molecule has 2 aromatic carbocycles. The lowest BCUT2D eigenvalue weighted by molar-refractivity contribution is 0.0600. The maximum atomic E-state index is 12.3. The van der Waals surface area contributed by atoms with Crippen LogP contribution in [0.1, 0.15) is 26.3 Å². The predicted octanol–water partition coefficient (Wildman–Crippen LogP) is 3.12. The average Bonchev–Trinajstić information content (AvgIpc) is 2.61. The van der Waals surface area contributed by atoms with E-state index >= 15 is 0 Å². The zero-order chi connectivity index (χ0) is 16.8. The number of esters is 1. The predicted molar refractivity (Wildman–Crippen MR) is 83.0 cm³/mol. The van der Waals surface area contributed by atoms with Crippen LogP contribution in [-0.4, -0.2) is 18.9 Å². The highest BCUT2D eigenvalue weighted by Crippen LogP contribution is 2.17. The third kappa shape index (κ3) is 3.83. The molecule has 5 nitrogen and oxygen atoms in total. The van der Waals surface area contributed by atoms with Gasteiger partial charge in [-0.1, -0.05) is 18.7 Å². The van der Waals surface area contributed by atoms with Gasteiger partial charge < -0.3 is 9.47 Å². The topological polar surface area (TPSA) is 76.4 Å². The largest absolute Gasteiger partial charge is 0.465 e. The van der Waals surface area contributed by atoms with Gasteiger partial charge in [0.05, 0.1) is 24.3 Å². The van der Waals surface area contributed by atoms with E-state index in [0.717, 1.165) is 0 Å². The first-order valence-electron chi connectivity index (χ1n) is 6.65. The van der Waals surface area contributed by atoms with Crippen molar-refractivity contribution in [2.45, 2.75) is 0 Å². The lowest BCUT2D eigenvalue weighted by Crippen LogP contribution is -2.10. The zero-order valence-corrected chi connectivity index (χ0v) is 12.4. The Morgan fingerprint density at radius 3 is 2.35 bits per heavy atom. The fourth-order valence-corrected chi connectivity index (χ4v) is 1.85. The van der Waals surface area contributed by atoms with E-state index in [2.05, 4.69) is 11.3 Å². The molecule has 2 aromatic rings. The van der Waals surface area contributed by atoms with Gasteiger partial charge in [-0.05, 0) is 36.4 Å². The molecule has 0 fully saturated rings. The number of hydrogen-bond donors (Lipinski definition) is 0. The van der Waals surface area contributed by atoms with Gasteiger partial charge in [-0.2, -0.15) is 5.26 Å². The number of carbonyl (C=O) groups excluding carboxylic acids is 2. The van der Waals surface area contributed by atoms with Gasteiger partial charge in [0, 0.05) is 5.56 Å². The first-order valence-corrected chi connectivity index (χ1v) is 6.65. The summed E-state index contributed by atoms with van der Waals surface area (Å²) in [5, 5.41) is 8.74. The van der Waals surface area contributed by atoms with Crippen molar-refractivity contribution in [3.8, 4) is 11.8 Å². The number of ether oxygens (including phenoxy) is 2. The number of rotatable bonds is 5. The Bertz CT molecular complexity index is 801. The molecular formula is C18H13NO4. The quantitative estimate of drug-likeness (QED) is 0.367. The number of nitrogens with zero attached hydrogens (tertiary/aromatic N) is 1. The summed E-state index contributed by atoms with van der Waals surface area (Å²) in [7, 11) is 1.27. The molecule has 114 valence electrons. The minimum atomic E-state index is -0.529. The fraction of sp³-hybridized carbons (Fsp3) is 0.0556. The number of ketones is 1. The van der Waals surface area contributed by atoms with Gasteiger partial charge in [0.1, 0.15) is 5.75 Å². The SMILES string of the molecule is C=C(Oc1ccc(C#N)cc1)C(=O)c1cccc(C(=O)OC)c1. The number of carbonyl (C=O) groups is 2. The lowest BCUT2D eigenvalue weighted by Gasteiger charge is -2.08. The first-order chi connectivity index (χ1) is 11.0. The third-order valence-electron chi connectivity index (χ3n) is 3.02. The molecule has 0 atom stereocenters. The molecule has 0 radical (unpaired) electrons. The third-order valence-corrected chi connectivity index (χ3v) is 3.02. The van der Waals surface area contributed by atoms with E-state index in [-0.39, 0.29) is 16.9 Å². The monoisotopic (exact) mass is 307 g/mol. The molecule has 0 aliphatic rings. The summed E-state index contributed by atoms with van der Waals surface area (Å²) >= 11 is 0. The summed E-state index contributed by atoms with van der Waals surface area (Å²) in [6, 6.07) is 14.4. The Kier molecular flexibility index (Phi) is 4.90. The maximum Gasteiger partial charge on any atom is 0.337 e. The highest BCUT2D eigenvalue weighted by atomic mass is 16.5. The summed E-state index contributed by atoms with van der Waals surface area (Å²) in [5.41, 5.74) is 1.02. The van der Waals surface area contributed by atoms with Crippen molar-refractivity contribution in [1.29, 1.82) is 5.26 Å². The number of nitriles is 1. The lowest BCUT2D eigenvalue weighted by atomic mass is 10.1. The van der Waals surface area contributed by atoms with Crippen LogP contribution in [0.5, 0.6) is 5.75 Å². The smallest absolute Gasteiger partial charge is 0.337 e. The van der Waals surface area contributed by atoms with Crippen molar-refractivity contribution in [2.24, 2.45) is 0 Å². The summed E-state index contributed by atoms with van der Waals surface area (Å²) < 4.78 is 10.0. The molecule has 0 saturated carbocycles. The van der Waals surface area contributed by atoms with Gasteiger partial charge >= 0.3 is 5.97 Å². The number of methoxy groups -OCH3 is 1. The standard InChI is InChI=1S/C18H13NO4/c1-12(23-16-8-6-13(11-19)7-9-16)17(20)14-4-3-5-15(10-14)18(21)22-2/h3-10H,1H2,2H3. The minimum absolute atomic E-state index is 0.0864. The number of allylic oxidation sites excluding steroid dienone is 1. The second-order valence-electron chi connectivity index (χ2n) is 4.56. The van der Waals surface area contributed by atoms with E-state index in [9.17, 15) is 9.59 Å². The molecule has 0 aliphatic carbocycles. The van der Waals surface area contributed by atoms with Crippen molar-refractivity contribution < 1.29 is 19.1 Å². The molecule has 0 aromatic heterocycles. The van der Waals surface area contributed by atoms with Crippen LogP contribution in [0.15, 0.2) is 60.9 Å². The van der Waals surface area contributed by atoms with Gasteiger partial charge in [0.15, 0.2) is 5.76 Å². The average molecular weight is 307 g/mol. The molecular weight excluding hydrogens is 294 g/mol. The molecule has 0 aliphatic heterocycles. The minimum Gasteiger partial charge on any atom is -0.465 e. The molecule has 0 spiro atoms. The Morgan fingerprint density at radius 2 is 1.74 bits per heavy atom. The number of benzene rings is 2. The van der Waals surface area contributed by atoms with E-state index < -0.39 is 11.8 Å².